The minimum atomic E-state index is -1.27. The van der Waals surface area contributed by atoms with E-state index in [1.165, 1.54) is 18.2 Å². The molecule has 1 aromatic carbocycles. The van der Waals surface area contributed by atoms with Gasteiger partial charge in [-0.05, 0) is 36.2 Å². The molecule has 21 heavy (non-hydrogen) atoms. The second kappa shape index (κ2) is 6.31. The number of amides is 1. The van der Waals surface area contributed by atoms with Crippen molar-refractivity contribution in [3.05, 3.63) is 34.3 Å². The van der Waals surface area contributed by atoms with Gasteiger partial charge < -0.3 is 15.5 Å². The summed E-state index contributed by atoms with van der Waals surface area (Å²) in [5.74, 6) is -2.02. The summed E-state index contributed by atoms with van der Waals surface area (Å²) < 4.78 is 3.76. The van der Waals surface area contributed by atoms with E-state index in [1.807, 2.05) is 6.92 Å². The molecule has 0 radical (unpaired) electrons. The van der Waals surface area contributed by atoms with Crippen LogP contribution in [0.4, 0.5) is 5.69 Å². The molecule has 0 aliphatic carbocycles. The smallest absolute Gasteiger partial charge is 0.339 e. The molecule has 0 saturated carbocycles. The Morgan fingerprint density at radius 2 is 2.14 bits per heavy atom. The summed E-state index contributed by atoms with van der Waals surface area (Å²) in [6, 6.07) is 3.84. The number of carbonyl (C=O) groups is 2. The van der Waals surface area contributed by atoms with Crippen LogP contribution in [-0.2, 0) is 6.42 Å². The monoisotopic (exact) mass is 307 g/mol. The van der Waals surface area contributed by atoms with Gasteiger partial charge in [-0.3, -0.25) is 4.79 Å². The Kier molecular flexibility index (Phi) is 4.49. The lowest BCUT2D eigenvalue weighted by atomic mass is 10.1. The summed E-state index contributed by atoms with van der Waals surface area (Å²) in [7, 11) is 0. The third kappa shape index (κ3) is 3.34. The van der Waals surface area contributed by atoms with E-state index >= 15 is 0 Å². The minimum absolute atomic E-state index is 0.274. The van der Waals surface area contributed by atoms with Crippen molar-refractivity contribution in [3.8, 4) is 5.75 Å². The van der Waals surface area contributed by atoms with Crippen LogP contribution in [0.5, 0.6) is 5.75 Å². The highest BCUT2D eigenvalue weighted by molar-refractivity contribution is 7.08. The second-order valence-electron chi connectivity index (χ2n) is 4.29. The molecule has 0 spiro atoms. The molecule has 7 nitrogen and oxygen atoms in total. The fraction of sp³-hybridized carbons (Fsp3) is 0.231. The van der Waals surface area contributed by atoms with E-state index in [-0.39, 0.29) is 17.0 Å². The first-order chi connectivity index (χ1) is 10.0. The van der Waals surface area contributed by atoms with Crippen molar-refractivity contribution in [2.75, 3.05) is 5.32 Å². The number of aromatic nitrogens is 2. The van der Waals surface area contributed by atoms with Gasteiger partial charge in [-0.2, -0.15) is 0 Å². The van der Waals surface area contributed by atoms with Crippen LogP contribution in [0.25, 0.3) is 0 Å². The highest BCUT2D eigenvalue weighted by atomic mass is 32.1. The SMILES string of the molecule is CCCc1nnsc1C(=O)Nc1ccc(O)c(C(=O)O)c1. The number of rotatable bonds is 5. The molecule has 0 atom stereocenters. The fourth-order valence-corrected chi connectivity index (χ4v) is 2.36. The highest BCUT2D eigenvalue weighted by Gasteiger charge is 2.17. The summed E-state index contributed by atoms with van der Waals surface area (Å²) in [5.41, 5.74) is 0.632. The number of hydrogen-bond donors (Lipinski definition) is 3. The maximum atomic E-state index is 12.1. The van der Waals surface area contributed by atoms with Crippen LogP contribution in [0.15, 0.2) is 18.2 Å². The lowest BCUT2D eigenvalue weighted by Gasteiger charge is -2.06. The van der Waals surface area contributed by atoms with Crippen molar-refractivity contribution in [2.45, 2.75) is 19.8 Å². The number of benzene rings is 1. The lowest BCUT2D eigenvalue weighted by Crippen LogP contribution is -2.13. The Morgan fingerprint density at radius 1 is 1.38 bits per heavy atom. The number of aryl methyl sites for hydroxylation is 1. The number of hydrogen-bond acceptors (Lipinski definition) is 6. The number of carbonyl (C=O) groups excluding carboxylic acids is 1. The van der Waals surface area contributed by atoms with Crippen molar-refractivity contribution in [1.29, 1.82) is 0 Å². The number of aromatic carboxylic acids is 1. The summed E-state index contributed by atoms with van der Waals surface area (Å²) >= 11 is 0.992. The summed E-state index contributed by atoms with van der Waals surface area (Å²) in [6.07, 6.45) is 1.49. The maximum Gasteiger partial charge on any atom is 0.339 e. The van der Waals surface area contributed by atoms with Crippen LogP contribution >= 0.6 is 11.5 Å². The van der Waals surface area contributed by atoms with Gasteiger partial charge >= 0.3 is 5.97 Å². The van der Waals surface area contributed by atoms with E-state index in [1.54, 1.807) is 0 Å². The number of carboxylic acid groups (broad SMARTS) is 1. The molecule has 0 bridgehead atoms. The Labute approximate surface area is 124 Å². The fourth-order valence-electron chi connectivity index (χ4n) is 1.75. The van der Waals surface area contributed by atoms with Crippen molar-refractivity contribution in [2.24, 2.45) is 0 Å². The second-order valence-corrected chi connectivity index (χ2v) is 5.04. The van der Waals surface area contributed by atoms with Crippen molar-refractivity contribution < 1.29 is 19.8 Å². The van der Waals surface area contributed by atoms with E-state index in [9.17, 15) is 14.7 Å². The van der Waals surface area contributed by atoms with E-state index in [2.05, 4.69) is 14.9 Å². The molecular formula is C13H13N3O4S. The molecule has 0 aliphatic rings. The Morgan fingerprint density at radius 3 is 2.81 bits per heavy atom. The van der Waals surface area contributed by atoms with E-state index in [0.717, 1.165) is 18.0 Å². The van der Waals surface area contributed by atoms with Gasteiger partial charge in [0.2, 0.25) is 0 Å². The first kappa shape index (κ1) is 14.9. The maximum absolute atomic E-state index is 12.1. The number of nitrogens with zero attached hydrogens (tertiary/aromatic N) is 2. The molecule has 1 amide bonds. The van der Waals surface area contributed by atoms with E-state index in [4.69, 9.17) is 5.11 Å². The Balaban J connectivity index is 2.21. The van der Waals surface area contributed by atoms with Crippen molar-refractivity contribution in [1.82, 2.24) is 9.59 Å². The molecule has 8 heteroatoms. The lowest BCUT2D eigenvalue weighted by molar-refractivity contribution is 0.0693. The standard InChI is InChI=1S/C13H13N3O4S/c1-2-3-9-11(21-16-15-9)12(18)14-7-4-5-10(17)8(6-7)13(19)20/h4-6,17H,2-3H2,1H3,(H,14,18)(H,19,20). The van der Waals surface area contributed by atoms with Crippen LogP contribution < -0.4 is 5.32 Å². The topological polar surface area (TPSA) is 112 Å². The summed E-state index contributed by atoms with van der Waals surface area (Å²) in [5, 5.41) is 24.8. The number of aromatic hydroxyl groups is 1. The zero-order chi connectivity index (χ0) is 15.4. The minimum Gasteiger partial charge on any atom is -0.507 e. The van der Waals surface area contributed by atoms with Gasteiger partial charge in [0.1, 0.15) is 16.2 Å². The van der Waals surface area contributed by atoms with Crippen LogP contribution in [-0.4, -0.2) is 31.7 Å². The number of nitrogens with one attached hydrogen (secondary N) is 1. The molecule has 2 rings (SSSR count). The molecule has 1 aromatic heterocycles. The molecule has 0 aliphatic heterocycles. The van der Waals surface area contributed by atoms with Crippen LogP contribution in [0.3, 0.4) is 0 Å². The number of phenols is 1. The zero-order valence-corrected chi connectivity index (χ0v) is 12.0. The Hall–Kier alpha value is -2.48. The van der Waals surface area contributed by atoms with E-state index < -0.39 is 11.9 Å². The van der Waals surface area contributed by atoms with Gasteiger partial charge in [0.05, 0.1) is 5.69 Å². The third-order valence-electron chi connectivity index (χ3n) is 2.73. The van der Waals surface area contributed by atoms with Gasteiger partial charge in [0.15, 0.2) is 0 Å². The average molecular weight is 307 g/mol. The molecule has 3 N–H and O–H groups in total. The predicted molar refractivity (Wildman–Crippen MR) is 76.9 cm³/mol. The van der Waals surface area contributed by atoms with Gasteiger partial charge in [0.25, 0.3) is 5.91 Å². The molecule has 1 heterocycles. The molecule has 0 fully saturated rings. The molecule has 2 aromatic rings. The number of anilines is 1. The van der Waals surface area contributed by atoms with Crippen LogP contribution in [0, 0.1) is 0 Å². The summed E-state index contributed by atoms with van der Waals surface area (Å²) in [6.45, 7) is 1.97. The first-order valence-corrected chi connectivity index (χ1v) is 6.99. The largest absolute Gasteiger partial charge is 0.507 e. The number of carboxylic acids is 1. The molecule has 0 unspecified atom stereocenters. The van der Waals surface area contributed by atoms with Crippen molar-refractivity contribution in [3.63, 3.8) is 0 Å². The van der Waals surface area contributed by atoms with Gasteiger partial charge in [-0.25, -0.2) is 4.79 Å². The van der Waals surface area contributed by atoms with Gasteiger partial charge in [-0.15, -0.1) is 5.10 Å². The van der Waals surface area contributed by atoms with Crippen LogP contribution in [0.1, 0.15) is 39.1 Å². The predicted octanol–water partition coefficient (Wildman–Crippen LogP) is 2.15. The van der Waals surface area contributed by atoms with Crippen molar-refractivity contribution >= 4 is 29.1 Å². The Bertz CT molecular complexity index is 684. The third-order valence-corrected chi connectivity index (χ3v) is 3.50. The highest BCUT2D eigenvalue weighted by Crippen LogP contribution is 2.22. The first-order valence-electron chi connectivity index (χ1n) is 6.21. The molecule has 110 valence electrons. The van der Waals surface area contributed by atoms with Gasteiger partial charge in [-0.1, -0.05) is 17.8 Å². The zero-order valence-electron chi connectivity index (χ0n) is 11.2. The molecular weight excluding hydrogens is 294 g/mol. The van der Waals surface area contributed by atoms with Crippen LogP contribution in [0.2, 0.25) is 0 Å². The summed E-state index contributed by atoms with van der Waals surface area (Å²) in [4.78, 5) is 23.5. The van der Waals surface area contributed by atoms with Gasteiger partial charge in [0, 0.05) is 5.69 Å². The molecule has 0 saturated heterocycles. The van der Waals surface area contributed by atoms with E-state index in [0.29, 0.717) is 17.0 Å². The normalized spacial score (nSPS) is 10.3. The quantitative estimate of drug-likeness (QED) is 0.730. The average Bonchev–Trinajstić information content (AvgIpc) is 2.89.